The third kappa shape index (κ3) is 8.09. The molecule has 0 aliphatic carbocycles. The number of carbonyl (C=O) groups is 4. The quantitative estimate of drug-likeness (QED) is 0.219. The Balaban J connectivity index is 0.763. The van der Waals surface area contributed by atoms with E-state index in [2.05, 4.69) is 54.6 Å². The summed E-state index contributed by atoms with van der Waals surface area (Å²) in [6.07, 6.45) is 10.2. The van der Waals surface area contributed by atoms with Gasteiger partial charge in [0.05, 0.1) is 12.2 Å². The van der Waals surface area contributed by atoms with E-state index in [4.69, 9.17) is 10.7 Å². The number of hydrogen-bond donors (Lipinski definition) is 4. The molecule has 5 amide bonds. The zero-order valence-electron chi connectivity index (χ0n) is 34.2. The van der Waals surface area contributed by atoms with E-state index in [0.29, 0.717) is 36.4 Å². The van der Waals surface area contributed by atoms with E-state index in [1.54, 1.807) is 22.2 Å². The molecule has 60 heavy (non-hydrogen) atoms. The van der Waals surface area contributed by atoms with Crippen LogP contribution in [0.25, 0.3) is 6.08 Å². The van der Waals surface area contributed by atoms with E-state index in [1.807, 2.05) is 36.2 Å². The molecule has 2 aromatic carbocycles. The molecular weight excluding hydrogens is 763 g/mol. The fraction of sp³-hybridized carbons (Fsp3) is 0.500. The summed E-state index contributed by atoms with van der Waals surface area (Å²) >= 11 is 0. The van der Waals surface area contributed by atoms with Crippen molar-refractivity contribution in [2.24, 2.45) is 11.7 Å². The number of benzene rings is 2. The first-order chi connectivity index (χ1) is 29.1. The maximum Gasteiger partial charge on any atom is 0.320 e. The lowest BCUT2D eigenvalue weighted by Gasteiger charge is -2.38. The van der Waals surface area contributed by atoms with Crippen LogP contribution in [0.15, 0.2) is 54.9 Å². The zero-order valence-corrected chi connectivity index (χ0v) is 34.2. The Hall–Kier alpha value is -5.74. The average molecular weight is 818 g/mol. The van der Waals surface area contributed by atoms with Gasteiger partial charge in [-0.2, -0.15) is 0 Å². The van der Waals surface area contributed by atoms with Gasteiger partial charge in [0, 0.05) is 82.4 Å². The summed E-state index contributed by atoms with van der Waals surface area (Å²) in [5.74, 6) is 0.743. The van der Waals surface area contributed by atoms with Crippen molar-refractivity contribution < 1.29 is 24.3 Å². The smallest absolute Gasteiger partial charge is 0.320 e. The van der Waals surface area contributed by atoms with Crippen LogP contribution in [0.2, 0.25) is 0 Å². The Kier molecular flexibility index (Phi) is 11.1. The fourth-order valence-electron chi connectivity index (χ4n) is 10.0. The molecule has 16 nitrogen and oxygen atoms in total. The predicted molar refractivity (Wildman–Crippen MR) is 227 cm³/mol. The standard InChI is InChI=1S/C44H55N11O5/c1-50-21-22-54(44(50)60)34-3-2-16-53(27-34)37-24-46-39(40(45)57)41(48-37)47-32-6-4-29(5-7-32)30-13-17-51(18-14-30)25-28-12-19-52(26-28)33-8-9-35-31(23-33)15-20-55(43(35)59)36-10-11-38(56)49-42(36)58/h4-9,15,20,23-24,28,30,34,36,43,59H,2-3,10-14,16-19,21-22,25-27H2,1H3,(H2,45,57)(H,47,48)(H,49,56,58)/t28-,34-,36?,43?/m1/s1. The Labute approximate surface area is 350 Å². The second-order valence-corrected chi connectivity index (χ2v) is 17.3. The van der Waals surface area contributed by atoms with E-state index < -0.39 is 18.2 Å². The number of carbonyl (C=O) groups excluding carboxylic acids is 4. The van der Waals surface area contributed by atoms with Gasteiger partial charge in [0.15, 0.2) is 17.7 Å². The molecule has 1 aromatic heterocycles. The topological polar surface area (TPSA) is 184 Å². The number of nitrogens with zero attached hydrogens (tertiary/aromatic N) is 8. The summed E-state index contributed by atoms with van der Waals surface area (Å²) in [4.78, 5) is 71.0. The van der Waals surface area contributed by atoms with Gasteiger partial charge in [-0.15, -0.1) is 0 Å². The maximum atomic E-state index is 12.7. The molecule has 16 heteroatoms. The molecular formula is C44H55N11O5. The number of amides is 5. The number of aliphatic hydroxyl groups is 1. The van der Waals surface area contributed by atoms with Crippen LogP contribution in [-0.4, -0.2) is 136 Å². The number of nitrogens with two attached hydrogens (primary N) is 1. The molecule has 0 bridgehead atoms. The SMILES string of the molecule is CN1CCN([C@@H]2CCCN(c3cnc(C(N)=O)c(Nc4ccc(C5CCN(C[C@H]6CCN(c7ccc8c(c7)C=CN(C7CCC(=O)NC7=O)C8O)C6)CC5)cc4)n3)C2)C1=O. The van der Waals surface area contributed by atoms with Crippen molar-refractivity contribution in [2.75, 3.05) is 81.1 Å². The molecule has 4 atom stereocenters. The Morgan fingerprint density at radius 1 is 0.933 bits per heavy atom. The number of aromatic nitrogens is 2. The third-order valence-electron chi connectivity index (χ3n) is 13.4. The molecule has 316 valence electrons. The molecule has 0 radical (unpaired) electrons. The summed E-state index contributed by atoms with van der Waals surface area (Å²) in [6, 6.07) is 14.2. The Bertz CT molecular complexity index is 2160. The van der Waals surface area contributed by atoms with Crippen LogP contribution < -0.4 is 26.2 Å². The van der Waals surface area contributed by atoms with Crippen molar-refractivity contribution in [3.05, 3.63) is 77.2 Å². The van der Waals surface area contributed by atoms with Gasteiger partial charge in [-0.25, -0.2) is 14.8 Å². The lowest BCUT2D eigenvalue weighted by Crippen LogP contribution is -2.52. The number of aliphatic hydroxyl groups excluding tert-OH is 1. The highest BCUT2D eigenvalue weighted by atomic mass is 16.3. The summed E-state index contributed by atoms with van der Waals surface area (Å²) in [7, 11) is 1.84. The van der Waals surface area contributed by atoms with E-state index in [0.717, 1.165) is 107 Å². The molecule has 2 unspecified atom stereocenters. The minimum atomic E-state index is -0.946. The number of primary amides is 1. The molecule has 9 rings (SSSR count). The summed E-state index contributed by atoms with van der Waals surface area (Å²) < 4.78 is 0. The van der Waals surface area contributed by atoms with Gasteiger partial charge in [-0.1, -0.05) is 18.2 Å². The first kappa shape index (κ1) is 39.7. The Morgan fingerprint density at radius 3 is 2.50 bits per heavy atom. The summed E-state index contributed by atoms with van der Waals surface area (Å²) in [5.41, 5.74) is 10.8. The van der Waals surface area contributed by atoms with Crippen LogP contribution in [0.1, 0.15) is 84.3 Å². The number of hydrogen-bond acceptors (Lipinski definition) is 12. The molecule has 7 heterocycles. The van der Waals surface area contributed by atoms with E-state index >= 15 is 0 Å². The second-order valence-electron chi connectivity index (χ2n) is 17.3. The van der Waals surface area contributed by atoms with Crippen LogP contribution in [0.3, 0.4) is 0 Å². The first-order valence-electron chi connectivity index (χ1n) is 21.5. The highest BCUT2D eigenvalue weighted by molar-refractivity contribution is 6.00. The number of fused-ring (bicyclic) bond motifs is 1. The lowest BCUT2D eigenvalue weighted by atomic mass is 9.89. The van der Waals surface area contributed by atoms with Crippen molar-refractivity contribution in [3.8, 4) is 0 Å². The second kappa shape index (κ2) is 16.7. The molecule has 5 N–H and O–H groups in total. The van der Waals surface area contributed by atoms with Crippen LogP contribution in [0.5, 0.6) is 0 Å². The van der Waals surface area contributed by atoms with E-state index in [9.17, 15) is 24.3 Å². The van der Waals surface area contributed by atoms with E-state index in [1.165, 1.54) is 5.56 Å². The largest absolute Gasteiger partial charge is 0.371 e. The van der Waals surface area contributed by atoms with Crippen LogP contribution in [0, 0.1) is 5.92 Å². The van der Waals surface area contributed by atoms with Gasteiger partial charge in [-0.05, 0) is 105 Å². The molecule has 0 saturated carbocycles. The van der Waals surface area contributed by atoms with Crippen LogP contribution in [0.4, 0.5) is 27.8 Å². The molecule has 3 aromatic rings. The highest BCUT2D eigenvalue weighted by Gasteiger charge is 2.37. The maximum absolute atomic E-state index is 12.7. The van der Waals surface area contributed by atoms with Crippen molar-refractivity contribution in [1.29, 1.82) is 0 Å². The van der Waals surface area contributed by atoms with E-state index in [-0.39, 0.29) is 36.0 Å². The number of piperidine rings is 3. The number of likely N-dealkylation sites (N-methyl/N-ethyl adjacent to an activating group) is 1. The number of rotatable bonds is 10. The van der Waals surface area contributed by atoms with Crippen molar-refractivity contribution in [3.63, 3.8) is 0 Å². The fourth-order valence-corrected chi connectivity index (χ4v) is 10.0. The van der Waals surface area contributed by atoms with Gasteiger partial charge < -0.3 is 45.6 Å². The van der Waals surface area contributed by atoms with Gasteiger partial charge >= 0.3 is 6.03 Å². The average Bonchev–Trinajstić information content (AvgIpc) is 3.87. The number of anilines is 4. The number of imide groups is 1. The molecule has 6 aliphatic heterocycles. The summed E-state index contributed by atoms with van der Waals surface area (Å²) in [5, 5.41) is 16.9. The first-order valence-corrected chi connectivity index (χ1v) is 21.5. The number of urea groups is 1. The summed E-state index contributed by atoms with van der Waals surface area (Å²) in [6.45, 7) is 8.07. The molecule has 5 fully saturated rings. The van der Waals surface area contributed by atoms with Gasteiger partial charge in [0.2, 0.25) is 11.8 Å². The molecule has 6 aliphatic rings. The van der Waals surface area contributed by atoms with Crippen LogP contribution >= 0.6 is 0 Å². The molecule has 5 saturated heterocycles. The van der Waals surface area contributed by atoms with Gasteiger partial charge in [0.25, 0.3) is 5.91 Å². The van der Waals surface area contributed by atoms with Gasteiger partial charge in [-0.3, -0.25) is 19.7 Å². The van der Waals surface area contributed by atoms with Crippen molar-refractivity contribution in [2.45, 2.75) is 69.2 Å². The zero-order chi connectivity index (χ0) is 41.5. The lowest BCUT2D eigenvalue weighted by molar-refractivity contribution is -0.140. The minimum Gasteiger partial charge on any atom is -0.371 e. The van der Waals surface area contributed by atoms with Gasteiger partial charge in [0.1, 0.15) is 11.9 Å². The number of likely N-dealkylation sites (tertiary alicyclic amines) is 1. The van der Waals surface area contributed by atoms with Crippen LogP contribution in [-0.2, 0) is 9.59 Å². The molecule has 0 spiro atoms. The Morgan fingerprint density at radius 2 is 1.75 bits per heavy atom. The monoisotopic (exact) mass is 817 g/mol. The van der Waals surface area contributed by atoms with Crippen molar-refractivity contribution in [1.82, 2.24) is 34.9 Å². The normalized spacial score (nSPS) is 25.2. The minimum absolute atomic E-state index is 0.0691. The predicted octanol–water partition coefficient (Wildman–Crippen LogP) is 3.44. The number of nitrogens with one attached hydrogen (secondary N) is 2. The highest BCUT2D eigenvalue weighted by Crippen LogP contribution is 2.36. The third-order valence-corrected chi connectivity index (χ3v) is 13.4. The van der Waals surface area contributed by atoms with Crippen molar-refractivity contribution >= 4 is 52.8 Å².